The molecule has 21 heavy (non-hydrogen) atoms. The number of phenols is 1. The summed E-state index contributed by atoms with van der Waals surface area (Å²) in [4.78, 5) is 18.5. The molecule has 0 saturated heterocycles. The number of aromatic nitrogens is 2. The van der Waals surface area contributed by atoms with E-state index in [1.54, 1.807) is 12.4 Å². The van der Waals surface area contributed by atoms with Crippen molar-refractivity contribution in [1.82, 2.24) is 15.3 Å². The standard InChI is InChI=1S/C13H12F3N3O2/c14-8-6-7(10(15)12(20)11(8)16)13(21)19-3-1-2-9-17-4-5-18-9/h4-6,20H,1-3H2,(H,17,18)(H,19,21). The van der Waals surface area contributed by atoms with Gasteiger partial charge in [0.05, 0.1) is 5.56 Å². The van der Waals surface area contributed by atoms with Gasteiger partial charge in [-0.3, -0.25) is 4.79 Å². The fraction of sp³-hybridized carbons (Fsp3) is 0.231. The average molecular weight is 299 g/mol. The summed E-state index contributed by atoms with van der Waals surface area (Å²) in [5.74, 6) is -6.40. The van der Waals surface area contributed by atoms with Gasteiger partial charge in [-0.05, 0) is 12.5 Å². The summed E-state index contributed by atoms with van der Waals surface area (Å²) in [7, 11) is 0. The number of carbonyl (C=O) groups excluding carboxylic acids is 1. The molecule has 0 aliphatic rings. The van der Waals surface area contributed by atoms with Crippen molar-refractivity contribution in [2.45, 2.75) is 12.8 Å². The van der Waals surface area contributed by atoms with Gasteiger partial charge >= 0.3 is 0 Å². The largest absolute Gasteiger partial charge is 0.503 e. The van der Waals surface area contributed by atoms with E-state index in [1.165, 1.54) is 0 Å². The molecular weight excluding hydrogens is 287 g/mol. The zero-order chi connectivity index (χ0) is 15.4. The molecule has 0 saturated carbocycles. The predicted molar refractivity (Wildman–Crippen MR) is 67.2 cm³/mol. The maximum atomic E-state index is 13.5. The van der Waals surface area contributed by atoms with Gasteiger partial charge in [-0.1, -0.05) is 0 Å². The summed E-state index contributed by atoms with van der Waals surface area (Å²) >= 11 is 0. The summed E-state index contributed by atoms with van der Waals surface area (Å²) < 4.78 is 39.4. The molecule has 0 aliphatic heterocycles. The third kappa shape index (κ3) is 3.33. The average Bonchev–Trinajstić information content (AvgIpc) is 2.98. The molecule has 2 aromatic rings. The first-order valence-electron chi connectivity index (χ1n) is 6.13. The van der Waals surface area contributed by atoms with Gasteiger partial charge in [0.2, 0.25) is 5.82 Å². The number of aryl methyl sites for hydroxylation is 1. The molecule has 1 amide bonds. The number of halogens is 3. The van der Waals surface area contributed by atoms with Gasteiger partial charge in [-0.15, -0.1) is 0 Å². The second-order valence-electron chi connectivity index (χ2n) is 4.28. The van der Waals surface area contributed by atoms with E-state index >= 15 is 0 Å². The van der Waals surface area contributed by atoms with E-state index < -0.39 is 34.7 Å². The molecule has 0 atom stereocenters. The van der Waals surface area contributed by atoms with Gasteiger partial charge in [-0.2, -0.15) is 4.39 Å². The molecule has 0 aliphatic carbocycles. The molecule has 0 fully saturated rings. The Morgan fingerprint density at radius 1 is 1.33 bits per heavy atom. The van der Waals surface area contributed by atoms with E-state index in [1.807, 2.05) is 0 Å². The second-order valence-corrected chi connectivity index (χ2v) is 4.28. The SMILES string of the molecule is O=C(NCCCc1ncc[nH]1)c1cc(F)c(F)c(O)c1F. The number of aromatic hydroxyl groups is 1. The Kier molecular flexibility index (Phi) is 4.46. The van der Waals surface area contributed by atoms with Crippen LogP contribution < -0.4 is 5.32 Å². The van der Waals surface area contributed by atoms with Gasteiger partial charge in [0.25, 0.3) is 5.91 Å². The van der Waals surface area contributed by atoms with Gasteiger partial charge in [0, 0.05) is 25.4 Å². The third-order valence-corrected chi connectivity index (χ3v) is 2.81. The van der Waals surface area contributed by atoms with Crippen molar-refractivity contribution in [3.8, 4) is 5.75 Å². The summed E-state index contributed by atoms with van der Waals surface area (Å²) in [5, 5.41) is 11.4. The Hall–Kier alpha value is -2.51. The molecule has 0 bridgehead atoms. The van der Waals surface area contributed by atoms with Crippen LogP contribution in [0.15, 0.2) is 18.5 Å². The molecule has 5 nitrogen and oxygen atoms in total. The summed E-state index contributed by atoms with van der Waals surface area (Å²) in [6.45, 7) is 0.193. The van der Waals surface area contributed by atoms with Crippen LogP contribution in [0.25, 0.3) is 0 Å². The summed E-state index contributed by atoms with van der Waals surface area (Å²) in [5.41, 5.74) is -0.746. The van der Waals surface area contributed by atoms with E-state index in [2.05, 4.69) is 15.3 Å². The molecule has 8 heteroatoms. The number of carbonyl (C=O) groups is 1. The number of H-pyrrole nitrogens is 1. The molecule has 1 heterocycles. The Bertz CT molecular complexity index is 645. The first-order chi connectivity index (χ1) is 10.0. The van der Waals surface area contributed by atoms with Crippen LogP contribution in [0.3, 0.4) is 0 Å². The number of rotatable bonds is 5. The van der Waals surface area contributed by atoms with Crippen molar-refractivity contribution in [1.29, 1.82) is 0 Å². The minimum atomic E-state index is -1.72. The van der Waals surface area contributed by atoms with Crippen molar-refractivity contribution in [3.63, 3.8) is 0 Å². The van der Waals surface area contributed by atoms with Crippen LogP contribution in [0.5, 0.6) is 5.75 Å². The van der Waals surface area contributed by atoms with Crippen LogP contribution >= 0.6 is 0 Å². The first kappa shape index (κ1) is 14.9. The van der Waals surface area contributed by atoms with Crippen LogP contribution in [0.1, 0.15) is 22.6 Å². The first-order valence-corrected chi connectivity index (χ1v) is 6.13. The Morgan fingerprint density at radius 2 is 2.10 bits per heavy atom. The summed E-state index contributed by atoms with van der Waals surface area (Å²) in [6, 6.07) is 0.409. The molecule has 0 spiro atoms. The van der Waals surface area contributed by atoms with Gasteiger partial charge < -0.3 is 15.4 Å². The normalized spacial score (nSPS) is 10.6. The van der Waals surface area contributed by atoms with Crippen LogP contribution in [-0.2, 0) is 6.42 Å². The third-order valence-electron chi connectivity index (χ3n) is 2.81. The minimum Gasteiger partial charge on any atom is -0.503 e. The molecule has 0 unspecified atom stereocenters. The number of hydrogen-bond acceptors (Lipinski definition) is 3. The topological polar surface area (TPSA) is 78.0 Å². The van der Waals surface area contributed by atoms with Crippen molar-refractivity contribution in [2.75, 3.05) is 6.54 Å². The second kappa shape index (κ2) is 6.29. The van der Waals surface area contributed by atoms with Crippen molar-refractivity contribution < 1.29 is 23.1 Å². The van der Waals surface area contributed by atoms with Crippen molar-refractivity contribution in [2.24, 2.45) is 0 Å². The molecule has 2 rings (SSSR count). The highest BCUT2D eigenvalue weighted by molar-refractivity contribution is 5.94. The van der Waals surface area contributed by atoms with E-state index in [-0.39, 0.29) is 6.54 Å². The lowest BCUT2D eigenvalue weighted by Gasteiger charge is -2.07. The fourth-order valence-corrected chi connectivity index (χ4v) is 1.74. The minimum absolute atomic E-state index is 0.193. The lowest BCUT2D eigenvalue weighted by molar-refractivity contribution is 0.0947. The number of nitrogens with one attached hydrogen (secondary N) is 2. The Morgan fingerprint density at radius 3 is 2.76 bits per heavy atom. The highest BCUT2D eigenvalue weighted by atomic mass is 19.2. The Labute approximate surface area is 117 Å². The predicted octanol–water partition coefficient (Wildman–Crippen LogP) is 1.90. The lowest BCUT2D eigenvalue weighted by atomic mass is 10.1. The highest BCUT2D eigenvalue weighted by Crippen LogP contribution is 2.25. The van der Waals surface area contributed by atoms with Crippen LogP contribution in [0.2, 0.25) is 0 Å². The van der Waals surface area contributed by atoms with Gasteiger partial charge in [0.15, 0.2) is 17.4 Å². The van der Waals surface area contributed by atoms with E-state index in [4.69, 9.17) is 5.11 Å². The molecular formula is C13H12F3N3O2. The van der Waals surface area contributed by atoms with Crippen molar-refractivity contribution in [3.05, 3.63) is 47.3 Å². The lowest BCUT2D eigenvalue weighted by Crippen LogP contribution is -2.26. The summed E-state index contributed by atoms with van der Waals surface area (Å²) in [6.07, 6.45) is 4.34. The number of amides is 1. The van der Waals surface area contributed by atoms with E-state index in [9.17, 15) is 18.0 Å². The number of hydrogen-bond donors (Lipinski definition) is 3. The molecule has 1 aromatic heterocycles. The Balaban J connectivity index is 1.94. The molecule has 1 aromatic carbocycles. The zero-order valence-electron chi connectivity index (χ0n) is 10.8. The van der Waals surface area contributed by atoms with Crippen LogP contribution in [0.4, 0.5) is 13.2 Å². The molecule has 112 valence electrons. The molecule has 0 radical (unpaired) electrons. The van der Waals surface area contributed by atoms with E-state index in [0.717, 1.165) is 5.82 Å². The number of nitrogens with zero attached hydrogens (tertiary/aromatic N) is 1. The zero-order valence-corrected chi connectivity index (χ0v) is 10.8. The number of phenolic OH excluding ortho intramolecular Hbond substituents is 1. The number of imidazole rings is 1. The van der Waals surface area contributed by atoms with Crippen molar-refractivity contribution >= 4 is 5.91 Å². The maximum absolute atomic E-state index is 13.5. The fourth-order valence-electron chi connectivity index (χ4n) is 1.74. The van der Waals surface area contributed by atoms with E-state index in [0.29, 0.717) is 18.9 Å². The van der Waals surface area contributed by atoms with Gasteiger partial charge in [-0.25, -0.2) is 13.8 Å². The monoisotopic (exact) mass is 299 g/mol. The quantitative estimate of drug-likeness (QED) is 0.583. The molecule has 3 N–H and O–H groups in total. The van der Waals surface area contributed by atoms with Crippen LogP contribution in [0, 0.1) is 17.5 Å². The maximum Gasteiger partial charge on any atom is 0.254 e. The number of benzene rings is 1. The highest BCUT2D eigenvalue weighted by Gasteiger charge is 2.22. The van der Waals surface area contributed by atoms with Gasteiger partial charge in [0.1, 0.15) is 5.82 Å². The smallest absolute Gasteiger partial charge is 0.254 e. The number of aromatic amines is 1. The van der Waals surface area contributed by atoms with Crippen LogP contribution in [-0.4, -0.2) is 27.5 Å².